The van der Waals surface area contributed by atoms with Gasteiger partial charge in [0.2, 0.25) is 0 Å². The molecule has 4 nitrogen and oxygen atoms in total. The van der Waals surface area contributed by atoms with Gasteiger partial charge in [0.15, 0.2) is 5.65 Å². The van der Waals surface area contributed by atoms with Crippen molar-refractivity contribution in [2.45, 2.75) is 18.8 Å². The van der Waals surface area contributed by atoms with Gasteiger partial charge in [-0.1, -0.05) is 11.6 Å². The molecule has 0 unspecified atom stereocenters. The number of anilines is 1. The number of aromatic nitrogens is 2. The highest BCUT2D eigenvalue weighted by Crippen LogP contribution is 2.40. The van der Waals surface area contributed by atoms with E-state index in [9.17, 15) is 0 Å². The zero-order chi connectivity index (χ0) is 12.8. The number of fused-ring (bicyclic) bond motifs is 1. The number of halogens is 1. The molecule has 1 saturated heterocycles. The van der Waals surface area contributed by atoms with Crippen LogP contribution in [-0.2, 0) is 4.74 Å². The van der Waals surface area contributed by atoms with Gasteiger partial charge in [-0.3, -0.25) is 0 Å². The Kier molecular flexibility index (Phi) is 2.67. The van der Waals surface area contributed by atoms with Crippen LogP contribution in [0.1, 0.15) is 24.5 Å². The Bertz CT molecular complexity index is 614. The molecule has 100 valence electrons. The number of hydrogen-bond donors (Lipinski definition) is 0. The molecule has 0 bridgehead atoms. The molecule has 0 N–H and O–H groups in total. The molecule has 1 aliphatic heterocycles. The zero-order valence-corrected chi connectivity index (χ0v) is 11.4. The maximum atomic E-state index is 6.24. The molecule has 4 rings (SSSR count). The van der Waals surface area contributed by atoms with E-state index in [2.05, 4.69) is 15.5 Å². The van der Waals surface area contributed by atoms with E-state index in [1.54, 1.807) is 0 Å². The van der Waals surface area contributed by atoms with Crippen molar-refractivity contribution in [1.82, 2.24) is 9.38 Å². The number of imidazole rings is 1. The lowest BCUT2D eigenvalue weighted by Gasteiger charge is -2.29. The number of ether oxygens (including phenoxy) is 1. The lowest BCUT2D eigenvalue weighted by molar-refractivity contribution is 0.123. The molecule has 3 heterocycles. The Morgan fingerprint density at radius 3 is 2.74 bits per heavy atom. The van der Waals surface area contributed by atoms with Crippen molar-refractivity contribution >= 4 is 22.9 Å². The fraction of sp³-hybridized carbons (Fsp3) is 0.500. The van der Waals surface area contributed by atoms with E-state index in [1.165, 1.54) is 18.5 Å². The summed E-state index contributed by atoms with van der Waals surface area (Å²) in [4.78, 5) is 7.13. The van der Waals surface area contributed by atoms with Crippen molar-refractivity contribution in [1.29, 1.82) is 0 Å². The van der Waals surface area contributed by atoms with E-state index in [1.807, 2.05) is 12.3 Å². The lowest BCUT2D eigenvalue weighted by Crippen LogP contribution is -2.36. The van der Waals surface area contributed by atoms with E-state index in [4.69, 9.17) is 21.3 Å². The first-order valence-electron chi connectivity index (χ1n) is 6.82. The molecule has 0 aromatic carbocycles. The molecule has 0 atom stereocenters. The van der Waals surface area contributed by atoms with Gasteiger partial charge < -0.3 is 14.0 Å². The van der Waals surface area contributed by atoms with Crippen LogP contribution in [0.4, 0.5) is 5.69 Å². The number of rotatable bonds is 2. The molecule has 0 radical (unpaired) electrons. The summed E-state index contributed by atoms with van der Waals surface area (Å²) in [6, 6.07) is 2.02. The van der Waals surface area contributed by atoms with Gasteiger partial charge in [-0.25, -0.2) is 4.98 Å². The van der Waals surface area contributed by atoms with Crippen molar-refractivity contribution in [3.8, 4) is 0 Å². The predicted molar refractivity (Wildman–Crippen MR) is 75.2 cm³/mol. The molecule has 1 saturated carbocycles. The molecule has 0 spiro atoms. The zero-order valence-electron chi connectivity index (χ0n) is 10.7. The second-order valence-electron chi connectivity index (χ2n) is 5.31. The van der Waals surface area contributed by atoms with Crippen LogP contribution in [0.15, 0.2) is 18.5 Å². The van der Waals surface area contributed by atoms with Gasteiger partial charge in [-0.2, -0.15) is 0 Å². The van der Waals surface area contributed by atoms with E-state index in [0.717, 1.165) is 42.7 Å². The fourth-order valence-electron chi connectivity index (χ4n) is 2.68. The fourth-order valence-corrected chi connectivity index (χ4v) is 2.89. The van der Waals surface area contributed by atoms with Crippen molar-refractivity contribution in [3.63, 3.8) is 0 Å². The lowest BCUT2D eigenvalue weighted by atomic mass is 10.3. The number of nitrogens with zero attached hydrogens (tertiary/aromatic N) is 3. The number of morpholine rings is 1. The van der Waals surface area contributed by atoms with Crippen molar-refractivity contribution in [2.24, 2.45) is 0 Å². The summed E-state index contributed by atoms with van der Waals surface area (Å²) in [6.45, 7) is 3.35. The second kappa shape index (κ2) is 4.39. The largest absolute Gasteiger partial charge is 0.378 e. The van der Waals surface area contributed by atoms with Gasteiger partial charge in [0, 0.05) is 31.4 Å². The summed E-state index contributed by atoms with van der Waals surface area (Å²) in [5.74, 6) is 0.663. The summed E-state index contributed by atoms with van der Waals surface area (Å²) < 4.78 is 7.49. The first kappa shape index (κ1) is 11.6. The first-order valence-corrected chi connectivity index (χ1v) is 7.20. The second-order valence-corrected chi connectivity index (χ2v) is 5.75. The highest BCUT2D eigenvalue weighted by Gasteiger charge is 2.27. The number of pyridine rings is 1. The van der Waals surface area contributed by atoms with Crippen LogP contribution in [0.25, 0.3) is 5.65 Å². The van der Waals surface area contributed by atoms with Crippen LogP contribution in [-0.4, -0.2) is 35.7 Å². The molecular weight excluding hydrogens is 262 g/mol. The summed E-state index contributed by atoms with van der Waals surface area (Å²) in [5.41, 5.74) is 3.35. The summed E-state index contributed by atoms with van der Waals surface area (Å²) in [7, 11) is 0. The average molecular weight is 278 g/mol. The molecular formula is C14H16ClN3O. The molecule has 2 aromatic heterocycles. The van der Waals surface area contributed by atoms with Gasteiger partial charge >= 0.3 is 0 Å². The molecule has 2 aromatic rings. The normalized spacial score (nSPS) is 20.2. The van der Waals surface area contributed by atoms with Crippen LogP contribution in [0.5, 0.6) is 0 Å². The Hall–Kier alpha value is -1.26. The molecule has 19 heavy (non-hydrogen) atoms. The SMILES string of the molecule is Clc1cc(N2CCOCC2)c2nc(C3CC3)cn2c1. The van der Waals surface area contributed by atoms with Gasteiger partial charge in [-0.05, 0) is 18.9 Å². The Labute approximate surface area is 116 Å². The standard InChI is InChI=1S/C14H16ClN3O/c15-11-7-13(17-3-5-19-6-4-17)14-16-12(10-1-2-10)9-18(14)8-11/h7-10H,1-6H2. The predicted octanol–water partition coefficient (Wildman–Crippen LogP) is 2.70. The van der Waals surface area contributed by atoms with Crippen molar-refractivity contribution in [3.05, 3.63) is 29.2 Å². The molecule has 2 aliphatic rings. The smallest absolute Gasteiger partial charge is 0.160 e. The van der Waals surface area contributed by atoms with Crippen LogP contribution in [0, 0.1) is 0 Å². The maximum absolute atomic E-state index is 6.24. The molecule has 2 fully saturated rings. The van der Waals surface area contributed by atoms with Crippen LogP contribution in [0.3, 0.4) is 0 Å². The minimum absolute atomic E-state index is 0.663. The average Bonchev–Trinajstić information content (AvgIpc) is 3.19. The van der Waals surface area contributed by atoms with Gasteiger partial charge in [-0.15, -0.1) is 0 Å². The van der Waals surface area contributed by atoms with Crippen LogP contribution in [0.2, 0.25) is 5.02 Å². The van der Waals surface area contributed by atoms with E-state index in [0.29, 0.717) is 5.92 Å². The maximum Gasteiger partial charge on any atom is 0.160 e. The summed E-state index contributed by atoms with van der Waals surface area (Å²) in [5, 5.41) is 0.758. The minimum Gasteiger partial charge on any atom is -0.378 e. The third-order valence-electron chi connectivity index (χ3n) is 3.86. The monoisotopic (exact) mass is 277 g/mol. The minimum atomic E-state index is 0.663. The molecule has 1 aliphatic carbocycles. The topological polar surface area (TPSA) is 29.8 Å². The van der Waals surface area contributed by atoms with Gasteiger partial charge in [0.1, 0.15) is 0 Å². The van der Waals surface area contributed by atoms with E-state index in [-0.39, 0.29) is 0 Å². The van der Waals surface area contributed by atoms with Gasteiger partial charge in [0.05, 0.1) is 29.6 Å². The Balaban J connectivity index is 1.82. The summed E-state index contributed by atoms with van der Waals surface area (Å²) in [6.07, 6.45) is 6.61. The summed E-state index contributed by atoms with van der Waals surface area (Å²) >= 11 is 6.24. The Morgan fingerprint density at radius 2 is 2.00 bits per heavy atom. The van der Waals surface area contributed by atoms with E-state index < -0.39 is 0 Å². The molecule has 0 amide bonds. The third kappa shape index (κ3) is 2.09. The third-order valence-corrected chi connectivity index (χ3v) is 4.07. The van der Waals surface area contributed by atoms with Crippen molar-refractivity contribution in [2.75, 3.05) is 31.2 Å². The first-order chi connectivity index (χ1) is 9.31. The van der Waals surface area contributed by atoms with E-state index >= 15 is 0 Å². The molecule has 5 heteroatoms. The quantitative estimate of drug-likeness (QED) is 0.845. The van der Waals surface area contributed by atoms with Gasteiger partial charge in [0.25, 0.3) is 0 Å². The number of hydrogen-bond acceptors (Lipinski definition) is 3. The Morgan fingerprint density at radius 1 is 1.21 bits per heavy atom. The van der Waals surface area contributed by atoms with Crippen LogP contribution < -0.4 is 4.90 Å². The highest BCUT2D eigenvalue weighted by molar-refractivity contribution is 6.30. The van der Waals surface area contributed by atoms with Crippen LogP contribution >= 0.6 is 11.6 Å². The van der Waals surface area contributed by atoms with Crippen molar-refractivity contribution < 1.29 is 4.74 Å². The highest BCUT2D eigenvalue weighted by atomic mass is 35.5.